The van der Waals surface area contributed by atoms with E-state index in [9.17, 15) is 14.9 Å². The maximum absolute atomic E-state index is 12.6. The molecular formula is C24H25N5O3. The summed E-state index contributed by atoms with van der Waals surface area (Å²) in [4.78, 5) is 25.2. The third-order valence-corrected chi connectivity index (χ3v) is 5.87. The number of carbonyl (C=O) groups is 1. The highest BCUT2D eigenvalue weighted by Crippen LogP contribution is 2.25. The number of nitrogens with zero attached hydrogens (tertiary/aromatic N) is 4. The van der Waals surface area contributed by atoms with Crippen LogP contribution in [0, 0.1) is 23.0 Å². The molecule has 0 saturated carbocycles. The predicted octanol–water partition coefficient (Wildman–Crippen LogP) is 4.40. The minimum absolute atomic E-state index is 0.0806. The molecule has 8 nitrogen and oxygen atoms in total. The molecule has 1 aromatic heterocycles. The summed E-state index contributed by atoms with van der Waals surface area (Å²) in [6, 6.07) is 18.4. The van der Waals surface area contributed by atoms with Gasteiger partial charge >= 0.3 is 0 Å². The van der Waals surface area contributed by atoms with E-state index in [1.807, 2.05) is 6.07 Å². The summed E-state index contributed by atoms with van der Waals surface area (Å²) in [5, 5.41) is 22.0. The van der Waals surface area contributed by atoms with Crippen molar-refractivity contribution in [2.24, 2.45) is 5.92 Å². The molecule has 1 amide bonds. The normalized spacial score (nSPS) is 14.2. The first-order chi connectivity index (χ1) is 15.5. The quantitative estimate of drug-likeness (QED) is 0.458. The lowest BCUT2D eigenvalue weighted by molar-refractivity contribution is -0.384. The molecule has 1 N–H and O–H groups in total. The van der Waals surface area contributed by atoms with Crippen LogP contribution >= 0.6 is 0 Å². The molecule has 3 aromatic rings. The molecule has 0 aliphatic carbocycles. The fraction of sp³-hybridized carbons (Fsp3) is 0.292. The fourth-order valence-electron chi connectivity index (χ4n) is 3.97. The average molecular weight is 431 g/mol. The van der Waals surface area contributed by atoms with Gasteiger partial charge in [0, 0.05) is 25.2 Å². The number of aromatic nitrogens is 2. The first-order valence-electron chi connectivity index (χ1n) is 10.7. The van der Waals surface area contributed by atoms with Gasteiger partial charge in [0.25, 0.3) is 11.6 Å². The van der Waals surface area contributed by atoms with E-state index in [1.165, 1.54) is 17.7 Å². The number of nitro groups is 1. The number of aryl methyl sites for hydroxylation is 1. The molecule has 1 saturated heterocycles. The summed E-state index contributed by atoms with van der Waals surface area (Å²) in [5.74, 6) is 0.963. The molecule has 0 atom stereocenters. The number of nitro benzene ring substituents is 1. The number of non-ortho nitro benzene ring substituents is 1. The highest BCUT2D eigenvalue weighted by molar-refractivity contribution is 6.03. The second-order valence-corrected chi connectivity index (χ2v) is 8.11. The van der Waals surface area contributed by atoms with Crippen LogP contribution in [0.3, 0.4) is 0 Å². The van der Waals surface area contributed by atoms with Crippen LogP contribution in [0.4, 0.5) is 17.2 Å². The smallest absolute Gasteiger partial charge is 0.276 e. The number of carbonyl (C=O) groups excluding carboxylic acids is 1. The molecule has 1 aliphatic rings. The Balaban J connectivity index is 1.35. The van der Waals surface area contributed by atoms with E-state index in [2.05, 4.69) is 44.7 Å². The second-order valence-electron chi connectivity index (χ2n) is 8.11. The zero-order valence-corrected chi connectivity index (χ0v) is 17.9. The van der Waals surface area contributed by atoms with Crippen molar-refractivity contribution in [2.75, 3.05) is 23.3 Å². The van der Waals surface area contributed by atoms with E-state index in [0.29, 0.717) is 11.6 Å². The van der Waals surface area contributed by atoms with Gasteiger partial charge in [-0.25, -0.2) is 0 Å². The number of piperidine rings is 1. The van der Waals surface area contributed by atoms with Gasteiger partial charge in [-0.3, -0.25) is 14.9 Å². The lowest BCUT2D eigenvalue weighted by atomic mass is 9.90. The molecule has 0 spiro atoms. The summed E-state index contributed by atoms with van der Waals surface area (Å²) in [6.07, 6.45) is 3.27. The van der Waals surface area contributed by atoms with Gasteiger partial charge in [-0.2, -0.15) is 0 Å². The summed E-state index contributed by atoms with van der Waals surface area (Å²) < 4.78 is 0. The highest BCUT2D eigenvalue weighted by atomic mass is 16.6. The van der Waals surface area contributed by atoms with Gasteiger partial charge < -0.3 is 10.2 Å². The third-order valence-electron chi connectivity index (χ3n) is 5.87. The molecule has 32 heavy (non-hydrogen) atoms. The minimum atomic E-state index is -0.493. The average Bonchev–Trinajstić information content (AvgIpc) is 2.81. The van der Waals surface area contributed by atoms with Crippen LogP contribution in [0.25, 0.3) is 0 Å². The zero-order valence-electron chi connectivity index (χ0n) is 17.9. The molecule has 0 radical (unpaired) electrons. The molecule has 2 heterocycles. The first-order valence-corrected chi connectivity index (χ1v) is 10.7. The van der Waals surface area contributed by atoms with Gasteiger partial charge in [0.1, 0.15) is 0 Å². The topological polar surface area (TPSA) is 101 Å². The Hall–Kier alpha value is -3.81. The monoisotopic (exact) mass is 431 g/mol. The number of anilines is 2. The molecule has 0 bridgehead atoms. The van der Waals surface area contributed by atoms with Crippen molar-refractivity contribution in [1.29, 1.82) is 0 Å². The van der Waals surface area contributed by atoms with Crippen LogP contribution < -0.4 is 10.2 Å². The van der Waals surface area contributed by atoms with E-state index < -0.39 is 10.8 Å². The Morgan fingerprint density at radius 3 is 2.50 bits per heavy atom. The van der Waals surface area contributed by atoms with Gasteiger partial charge in [0.15, 0.2) is 11.5 Å². The van der Waals surface area contributed by atoms with Crippen molar-refractivity contribution in [3.05, 3.63) is 87.6 Å². The van der Waals surface area contributed by atoms with Gasteiger partial charge in [0.05, 0.1) is 10.6 Å². The van der Waals surface area contributed by atoms with E-state index in [1.54, 1.807) is 25.1 Å². The third kappa shape index (κ3) is 5.08. The van der Waals surface area contributed by atoms with Crippen LogP contribution in [0.2, 0.25) is 0 Å². The van der Waals surface area contributed by atoms with Crippen molar-refractivity contribution >= 4 is 23.1 Å². The number of benzene rings is 2. The van der Waals surface area contributed by atoms with Crippen molar-refractivity contribution < 1.29 is 9.72 Å². The maximum atomic E-state index is 12.6. The Kier molecular flexibility index (Phi) is 6.39. The van der Waals surface area contributed by atoms with Gasteiger partial charge in [0.2, 0.25) is 0 Å². The van der Waals surface area contributed by atoms with Crippen LogP contribution in [0.5, 0.6) is 0 Å². The van der Waals surface area contributed by atoms with E-state index in [-0.39, 0.29) is 11.4 Å². The Morgan fingerprint density at radius 1 is 1.09 bits per heavy atom. The highest BCUT2D eigenvalue weighted by Gasteiger charge is 2.21. The lowest BCUT2D eigenvalue weighted by Gasteiger charge is -2.32. The molecule has 4 rings (SSSR count). The Labute approximate surface area is 186 Å². The van der Waals surface area contributed by atoms with Crippen LogP contribution in [0.1, 0.15) is 34.5 Å². The second kappa shape index (κ2) is 9.55. The summed E-state index contributed by atoms with van der Waals surface area (Å²) in [5.41, 5.74) is 2.57. The molecular weight excluding hydrogens is 406 g/mol. The Morgan fingerprint density at radius 2 is 1.84 bits per heavy atom. The van der Waals surface area contributed by atoms with E-state index >= 15 is 0 Å². The predicted molar refractivity (Wildman–Crippen MR) is 123 cm³/mol. The molecule has 0 unspecified atom stereocenters. The van der Waals surface area contributed by atoms with Gasteiger partial charge in [-0.05, 0) is 55.4 Å². The van der Waals surface area contributed by atoms with Crippen LogP contribution in [-0.4, -0.2) is 34.1 Å². The molecule has 1 fully saturated rings. The largest absolute Gasteiger partial charge is 0.355 e. The number of hydrogen-bond donors (Lipinski definition) is 1. The molecule has 2 aromatic carbocycles. The number of nitrogens with one attached hydrogen (secondary N) is 1. The first kappa shape index (κ1) is 21.4. The van der Waals surface area contributed by atoms with E-state index in [0.717, 1.165) is 43.7 Å². The van der Waals surface area contributed by atoms with Gasteiger partial charge in [-0.1, -0.05) is 36.4 Å². The number of amides is 1. The van der Waals surface area contributed by atoms with Crippen molar-refractivity contribution in [3.8, 4) is 0 Å². The van der Waals surface area contributed by atoms with Crippen molar-refractivity contribution in [3.63, 3.8) is 0 Å². The maximum Gasteiger partial charge on any atom is 0.276 e. The fourth-order valence-corrected chi connectivity index (χ4v) is 3.97. The Bertz CT molecular complexity index is 1090. The van der Waals surface area contributed by atoms with Gasteiger partial charge in [-0.15, -0.1) is 10.2 Å². The SMILES string of the molecule is Cc1ccc([N+](=O)[O-])cc1NC(=O)c1ccc(N2CCC(Cc3ccccc3)CC2)nn1. The van der Waals surface area contributed by atoms with E-state index in [4.69, 9.17) is 0 Å². The number of rotatable bonds is 6. The lowest BCUT2D eigenvalue weighted by Crippen LogP contribution is -2.35. The molecule has 8 heteroatoms. The van der Waals surface area contributed by atoms with Crippen molar-refractivity contribution in [1.82, 2.24) is 10.2 Å². The summed E-state index contributed by atoms with van der Waals surface area (Å²) >= 11 is 0. The number of hydrogen-bond acceptors (Lipinski definition) is 6. The summed E-state index contributed by atoms with van der Waals surface area (Å²) in [6.45, 7) is 3.59. The standard InChI is InChI=1S/C24H25N5O3/c1-17-7-8-20(29(31)32)16-22(17)25-24(30)21-9-10-23(27-26-21)28-13-11-19(12-14-28)15-18-5-3-2-4-6-18/h2-10,16,19H,11-15H2,1H3,(H,25,30). The minimum Gasteiger partial charge on any atom is -0.355 e. The van der Waals surface area contributed by atoms with Crippen LogP contribution in [-0.2, 0) is 6.42 Å². The van der Waals surface area contributed by atoms with Crippen LogP contribution in [0.15, 0.2) is 60.7 Å². The molecule has 164 valence electrons. The van der Waals surface area contributed by atoms with Crippen molar-refractivity contribution in [2.45, 2.75) is 26.2 Å². The zero-order chi connectivity index (χ0) is 22.5. The summed E-state index contributed by atoms with van der Waals surface area (Å²) in [7, 11) is 0. The molecule has 1 aliphatic heterocycles.